The third-order valence-corrected chi connectivity index (χ3v) is 5.89. The number of halogens is 1. The van der Waals surface area contributed by atoms with E-state index < -0.39 is 6.04 Å². The van der Waals surface area contributed by atoms with E-state index in [1.54, 1.807) is 40.9 Å². The van der Waals surface area contributed by atoms with Crippen molar-refractivity contribution in [3.63, 3.8) is 0 Å². The summed E-state index contributed by atoms with van der Waals surface area (Å²) in [6, 6.07) is 6.16. The van der Waals surface area contributed by atoms with Crippen LogP contribution < -0.4 is 5.32 Å². The highest BCUT2D eigenvalue weighted by Crippen LogP contribution is 2.39. The molecule has 1 unspecified atom stereocenters. The van der Waals surface area contributed by atoms with Crippen LogP contribution in [-0.4, -0.2) is 49.2 Å². The molecule has 2 heterocycles. The number of amides is 2. The zero-order valence-electron chi connectivity index (χ0n) is 14.2. The average Bonchev–Trinajstić information content (AvgIpc) is 3.24. The molecule has 1 atom stereocenters. The standard InChI is InChI=1S/C17H18ClN5O2S/c1-22-14(10-2-3-10)20-21-17(22)19-15(24)13-8-26-9-23(13)16(25)11-4-6-12(18)7-5-11/h4-7,10,13H,2-3,8-9H2,1H3,(H,19,21,24). The molecule has 1 aromatic carbocycles. The fraction of sp³-hybridized carbons (Fsp3) is 0.412. The van der Waals surface area contributed by atoms with Crippen LogP contribution in [0.15, 0.2) is 24.3 Å². The summed E-state index contributed by atoms with van der Waals surface area (Å²) in [7, 11) is 1.85. The molecule has 7 nitrogen and oxygen atoms in total. The average molecular weight is 392 g/mol. The molecule has 0 radical (unpaired) electrons. The fourth-order valence-electron chi connectivity index (χ4n) is 2.96. The van der Waals surface area contributed by atoms with Crippen molar-refractivity contribution in [1.29, 1.82) is 0 Å². The van der Waals surface area contributed by atoms with Gasteiger partial charge in [0.2, 0.25) is 11.9 Å². The van der Waals surface area contributed by atoms with Gasteiger partial charge in [-0.25, -0.2) is 0 Å². The van der Waals surface area contributed by atoms with Crippen LogP contribution in [0.3, 0.4) is 0 Å². The van der Waals surface area contributed by atoms with Gasteiger partial charge in [0.05, 0.1) is 5.88 Å². The van der Waals surface area contributed by atoms with Gasteiger partial charge in [-0.1, -0.05) is 11.6 Å². The first-order chi connectivity index (χ1) is 12.5. The van der Waals surface area contributed by atoms with Crippen molar-refractivity contribution in [3.05, 3.63) is 40.7 Å². The van der Waals surface area contributed by atoms with Crippen molar-refractivity contribution in [3.8, 4) is 0 Å². The molecule has 9 heteroatoms. The maximum atomic E-state index is 12.8. The Bertz CT molecular complexity index is 849. The van der Waals surface area contributed by atoms with E-state index in [9.17, 15) is 9.59 Å². The predicted octanol–water partition coefficient (Wildman–Crippen LogP) is 2.50. The lowest BCUT2D eigenvalue weighted by molar-refractivity contribution is -0.119. The summed E-state index contributed by atoms with van der Waals surface area (Å²) >= 11 is 7.44. The van der Waals surface area contributed by atoms with E-state index in [2.05, 4.69) is 15.5 Å². The summed E-state index contributed by atoms with van der Waals surface area (Å²) in [5, 5.41) is 11.6. The first-order valence-corrected chi connectivity index (χ1v) is 9.92. The molecule has 0 spiro atoms. The van der Waals surface area contributed by atoms with Crippen LogP contribution >= 0.6 is 23.4 Å². The van der Waals surface area contributed by atoms with Gasteiger partial charge >= 0.3 is 0 Å². The minimum atomic E-state index is -0.538. The number of anilines is 1. The number of benzene rings is 1. The molecular formula is C17H18ClN5O2S. The van der Waals surface area contributed by atoms with Gasteiger partial charge in [0.25, 0.3) is 5.91 Å². The van der Waals surface area contributed by atoms with Gasteiger partial charge in [-0.15, -0.1) is 22.0 Å². The normalized spacial score (nSPS) is 19.6. The lowest BCUT2D eigenvalue weighted by Crippen LogP contribution is -2.44. The van der Waals surface area contributed by atoms with Crippen LogP contribution in [0.25, 0.3) is 0 Å². The van der Waals surface area contributed by atoms with Gasteiger partial charge in [-0.2, -0.15) is 0 Å². The number of nitrogens with zero attached hydrogens (tertiary/aromatic N) is 4. The molecule has 1 aliphatic heterocycles. The van der Waals surface area contributed by atoms with Crippen molar-refractivity contribution < 1.29 is 9.59 Å². The third-order valence-electron chi connectivity index (χ3n) is 4.62. The smallest absolute Gasteiger partial charge is 0.255 e. The molecule has 2 aliphatic rings. The molecule has 1 aliphatic carbocycles. The number of carbonyl (C=O) groups excluding carboxylic acids is 2. The summed E-state index contributed by atoms with van der Waals surface area (Å²) in [6.07, 6.45) is 2.23. The van der Waals surface area contributed by atoms with E-state index in [0.717, 1.165) is 18.7 Å². The van der Waals surface area contributed by atoms with Crippen molar-refractivity contribution >= 4 is 41.1 Å². The minimum Gasteiger partial charge on any atom is -0.316 e. The molecule has 136 valence electrons. The third kappa shape index (κ3) is 3.31. The van der Waals surface area contributed by atoms with Gasteiger partial charge in [0.1, 0.15) is 11.9 Å². The largest absolute Gasteiger partial charge is 0.316 e. The predicted molar refractivity (Wildman–Crippen MR) is 100 cm³/mol. The van der Waals surface area contributed by atoms with Gasteiger partial charge in [0, 0.05) is 29.3 Å². The number of nitrogens with one attached hydrogen (secondary N) is 1. The summed E-state index contributed by atoms with van der Waals surface area (Å²) in [6.45, 7) is 0. The van der Waals surface area contributed by atoms with Crippen molar-refractivity contribution in [1.82, 2.24) is 19.7 Å². The second-order valence-corrected chi connectivity index (χ2v) is 7.94. The fourth-order valence-corrected chi connectivity index (χ4v) is 4.24. The molecule has 26 heavy (non-hydrogen) atoms. The number of carbonyl (C=O) groups is 2. The van der Waals surface area contributed by atoms with Gasteiger partial charge in [-0.05, 0) is 37.1 Å². The SMILES string of the molecule is Cn1c(NC(=O)C2CSCN2C(=O)c2ccc(Cl)cc2)nnc1C1CC1. The lowest BCUT2D eigenvalue weighted by atomic mass is 10.1. The number of thioether (sulfide) groups is 1. The number of aromatic nitrogens is 3. The quantitative estimate of drug-likeness (QED) is 0.866. The first kappa shape index (κ1) is 17.4. The van der Waals surface area contributed by atoms with Crippen molar-refractivity contribution in [2.45, 2.75) is 24.8 Å². The van der Waals surface area contributed by atoms with Crippen LogP contribution in [0.4, 0.5) is 5.95 Å². The topological polar surface area (TPSA) is 80.1 Å². The lowest BCUT2D eigenvalue weighted by Gasteiger charge is -2.23. The summed E-state index contributed by atoms with van der Waals surface area (Å²) in [5.74, 6) is 2.38. The molecule has 2 amide bonds. The Morgan fingerprint density at radius 1 is 1.23 bits per heavy atom. The van der Waals surface area contributed by atoms with E-state index in [1.165, 1.54) is 0 Å². The number of rotatable bonds is 4. The van der Waals surface area contributed by atoms with E-state index in [-0.39, 0.29) is 11.8 Å². The van der Waals surface area contributed by atoms with E-state index >= 15 is 0 Å². The highest BCUT2D eigenvalue weighted by atomic mass is 35.5. The van der Waals surface area contributed by atoms with Crippen molar-refractivity contribution in [2.75, 3.05) is 16.9 Å². The molecule has 2 aromatic rings. The van der Waals surface area contributed by atoms with E-state index in [1.807, 2.05) is 11.6 Å². The van der Waals surface area contributed by atoms with Crippen LogP contribution in [0.2, 0.25) is 5.02 Å². The number of hydrogen-bond acceptors (Lipinski definition) is 5. The van der Waals surface area contributed by atoms with Crippen LogP contribution in [0, 0.1) is 0 Å². The maximum absolute atomic E-state index is 12.8. The molecule has 1 saturated carbocycles. The Balaban J connectivity index is 1.48. The minimum absolute atomic E-state index is 0.177. The van der Waals surface area contributed by atoms with Crippen LogP contribution in [0.5, 0.6) is 0 Å². The van der Waals surface area contributed by atoms with Gasteiger partial charge in [-0.3, -0.25) is 14.9 Å². The molecule has 1 saturated heterocycles. The second-order valence-electron chi connectivity index (χ2n) is 6.50. The second kappa shape index (κ2) is 6.92. The Hall–Kier alpha value is -2.06. The Kier molecular flexibility index (Phi) is 4.62. The maximum Gasteiger partial charge on any atom is 0.255 e. The molecule has 1 aromatic heterocycles. The first-order valence-electron chi connectivity index (χ1n) is 8.39. The molecule has 1 N–H and O–H groups in total. The molecular weight excluding hydrogens is 374 g/mol. The van der Waals surface area contributed by atoms with Crippen LogP contribution in [-0.2, 0) is 11.8 Å². The Morgan fingerprint density at radius 2 is 1.96 bits per heavy atom. The molecule has 4 rings (SSSR count). The summed E-state index contributed by atoms with van der Waals surface area (Å²) < 4.78 is 1.82. The van der Waals surface area contributed by atoms with E-state index in [0.29, 0.717) is 34.1 Å². The van der Waals surface area contributed by atoms with Crippen LogP contribution in [0.1, 0.15) is 34.9 Å². The zero-order valence-corrected chi connectivity index (χ0v) is 15.8. The Labute approximate surface area is 160 Å². The van der Waals surface area contributed by atoms with Gasteiger partial charge in [0.15, 0.2) is 0 Å². The van der Waals surface area contributed by atoms with Gasteiger partial charge < -0.3 is 9.47 Å². The highest BCUT2D eigenvalue weighted by molar-refractivity contribution is 7.99. The van der Waals surface area contributed by atoms with E-state index in [4.69, 9.17) is 11.6 Å². The summed E-state index contributed by atoms with van der Waals surface area (Å²) in [4.78, 5) is 27.1. The number of hydrogen-bond donors (Lipinski definition) is 1. The monoisotopic (exact) mass is 391 g/mol. The Morgan fingerprint density at radius 3 is 2.65 bits per heavy atom. The molecule has 2 fully saturated rings. The highest BCUT2D eigenvalue weighted by Gasteiger charge is 2.36. The van der Waals surface area contributed by atoms with Crippen molar-refractivity contribution in [2.24, 2.45) is 7.05 Å². The zero-order chi connectivity index (χ0) is 18.3. The summed E-state index contributed by atoms with van der Waals surface area (Å²) in [5.41, 5.74) is 0.518. The molecule has 0 bridgehead atoms.